The lowest BCUT2D eigenvalue weighted by Crippen LogP contribution is -2.32. The molecule has 0 fully saturated rings. The van der Waals surface area contributed by atoms with E-state index in [1.165, 1.54) is 0 Å². The molecule has 0 N–H and O–H groups in total. The fourth-order valence-electron chi connectivity index (χ4n) is 2.09. The van der Waals surface area contributed by atoms with Crippen molar-refractivity contribution < 1.29 is 14.3 Å². The van der Waals surface area contributed by atoms with Gasteiger partial charge in [0.25, 0.3) is 0 Å². The van der Waals surface area contributed by atoms with Crippen molar-refractivity contribution in [1.82, 2.24) is 0 Å². The van der Waals surface area contributed by atoms with Gasteiger partial charge in [-0.05, 0) is 40.5 Å². The second-order valence-electron chi connectivity index (χ2n) is 6.45. The van der Waals surface area contributed by atoms with Crippen LogP contribution in [0.2, 0.25) is 0 Å². The van der Waals surface area contributed by atoms with Gasteiger partial charge in [0, 0.05) is 24.3 Å². The summed E-state index contributed by atoms with van der Waals surface area (Å²) in [5.74, 6) is 1.01. The molecule has 1 aliphatic carbocycles. The summed E-state index contributed by atoms with van der Waals surface area (Å²) in [6.07, 6.45) is 4.28. The van der Waals surface area contributed by atoms with E-state index in [2.05, 4.69) is 0 Å². The highest BCUT2D eigenvalue weighted by Crippen LogP contribution is 2.37. The highest BCUT2D eigenvalue weighted by Gasteiger charge is 2.36. The predicted octanol–water partition coefficient (Wildman–Crippen LogP) is 3.42. The average Bonchev–Trinajstić information content (AvgIpc) is 2.19. The van der Waals surface area contributed by atoms with E-state index in [4.69, 9.17) is 4.74 Å². The van der Waals surface area contributed by atoms with Crippen molar-refractivity contribution in [2.75, 3.05) is 0 Å². The summed E-state index contributed by atoms with van der Waals surface area (Å²) in [7, 11) is 0. The molecule has 0 heterocycles. The Bertz CT molecular complexity index is 374. The van der Waals surface area contributed by atoms with Crippen molar-refractivity contribution in [3.8, 4) is 0 Å². The molecule has 0 aliphatic heterocycles. The summed E-state index contributed by atoms with van der Waals surface area (Å²) >= 11 is 0. The third-order valence-electron chi connectivity index (χ3n) is 3.28. The van der Waals surface area contributed by atoms with Crippen LogP contribution in [0.25, 0.3) is 0 Å². The van der Waals surface area contributed by atoms with Crippen LogP contribution in [0.4, 0.5) is 0 Å². The molecule has 1 aliphatic rings. The first kappa shape index (κ1) is 14.9. The lowest BCUT2D eigenvalue weighted by Gasteiger charge is -2.33. The van der Waals surface area contributed by atoms with Gasteiger partial charge in [-0.2, -0.15) is 0 Å². The Morgan fingerprint density at radius 1 is 1.44 bits per heavy atom. The molecule has 3 nitrogen and oxygen atoms in total. The first-order valence-electron chi connectivity index (χ1n) is 6.56. The van der Waals surface area contributed by atoms with E-state index in [-0.39, 0.29) is 17.2 Å². The number of allylic oxidation sites excluding steroid dienone is 2. The molecule has 18 heavy (non-hydrogen) atoms. The molecule has 0 aromatic heterocycles. The van der Waals surface area contributed by atoms with Gasteiger partial charge in [0.2, 0.25) is 0 Å². The number of hydrogen-bond acceptors (Lipinski definition) is 3. The second kappa shape index (κ2) is 5.25. The zero-order chi connectivity index (χ0) is 14.0. The first-order valence-corrected chi connectivity index (χ1v) is 6.56. The Morgan fingerprint density at radius 2 is 2.06 bits per heavy atom. The van der Waals surface area contributed by atoms with E-state index in [9.17, 15) is 9.59 Å². The topological polar surface area (TPSA) is 43.4 Å². The van der Waals surface area contributed by atoms with E-state index in [0.717, 1.165) is 18.6 Å². The molecule has 102 valence electrons. The standard InChI is InChI=1S/C15H24O3/c1-11(16)6-8-15(5)9-7-12(10-13(15)17)18-14(2,3)4/h10H,6-9H2,1-5H3. The molecule has 1 atom stereocenters. The zero-order valence-corrected chi connectivity index (χ0v) is 12.1. The van der Waals surface area contributed by atoms with Crippen molar-refractivity contribution in [3.63, 3.8) is 0 Å². The molecular weight excluding hydrogens is 228 g/mol. The van der Waals surface area contributed by atoms with Gasteiger partial charge in [0.1, 0.15) is 17.1 Å². The van der Waals surface area contributed by atoms with Crippen LogP contribution < -0.4 is 0 Å². The van der Waals surface area contributed by atoms with Crippen LogP contribution in [0.3, 0.4) is 0 Å². The maximum atomic E-state index is 12.2. The Hall–Kier alpha value is -1.12. The van der Waals surface area contributed by atoms with Crippen LogP contribution in [0, 0.1) is 5.41 Å². The molecule has 0 amide bonds. The van der Waals surface area contributed by atoms with E-state index >= 15 is 0 Å². The maximum Gasteiger partial charge on any atom is 0.164 e. The second-order valence-corrected chi connectivity index (χ2v) is 6.45. The largest absolute Gasteiger partial charge is 0.492 e. The summed E-state index contributed by atoms with van der Waals surface area (Å²) in [6.45, 7) is 9.44. The highest BCUT2D eigenvalue weighted by molar-refractivity contribution is 5.96. The molecule has 1 rings (SSSR count). The number of rotatable bonds is 4. The van der Waals surface area contributed by atoms with Gasteiger partial charge in [-0.3, -0.25) is 4.79 Å². The molecule has 0 spiro atoms. The number of carbonyl (C=O) groups is 2. The summed E-state index contributed by atoms with van der Waals surface area (Å²) in [5, 5.41) is 0. The molecule has 1 unspecified atom stereocenters. The third-order valence-corrected chi connectivity index (χ3v) is 3.28. The van der Waals surface area contributed by atoms with Gasteiger partial charge in [-0.15, -0.1) is 0 Å². The van der Waals surface area contributed by atoms with E-state index < -0.39 is 5.41 Å². The normalized spacial score (nSPS) is 24.7. The fourth-order valence-corrected chi connectivity index (χ4v) is 2.09. The van der Waals surface area contributed by atoms with Gasteiger partial charge >= 0.3 is 0 Å². The van der Waals surface area contributed by atoms with Crippen LogP contribution in [0.1, 0.15) is 60.3 Å². The van der Waals surface area contributed by atoms with Crippen molar-refractivity contribution in [3.05, 3.63) is 11.8 Å². The molecule has 3 heteroatoms. The number of carbonyl (C=O) groups excluding carboxylic acids is 2. The smallest absolute Gasteiger partial charge is 0.164 e. The van der Waals surface area contributed by atoms with Crippen molar-refractivity contribution in [1.29, 1.82) is 0 Å². The van der Waals surface area contributed by atoms with E-state index in [0.29, 0.717) is 12.8 Å². The third kappa shape index (κ3) is 4.28. The zero-order valence-electron chi connectivity index (χ0n) is 12.1. The van der Waals surface area contributed by atoms with E-state index in [1.54, 1.807) is 13.0 Å². The molecular formula is C15H24O3. The van der Waals surface area contributed by atoms with Gasteiger partial charge < -0.3 is 9.53 Å². The number of ether oxygens (including phenoxy) is 1. The Kier molecular flexibility index (Phi) is 4.36. The monoisotopic (exact) mass is 252 g/mol. The van der Waals surface area contributed by atoms with Crippen LogP contribution in [-0.4, -0.2) is 17.2 Å². The van der Waals surface area contributed by atoms with Crippen molar-refractivity contribution in [2.45, 2.75) is 65.9 Å². The van der Waals surface area contributed by atoms with Crippen LogP contribution in [0.15, 0.2) is 11.8 Å². The number of hydrogen-bond donors (Lipinski definition) is 0. The van der Waals surface area contributed by atoms with Crippen LogP contribution >= 0.6 is 0 Å². The molecule has 0 aromatic carbocycles. The van der Waals surface area contributed by atoms with Gasteiger partial charge in [-0.25, -0.2) is 0 Å². The Morgan fingerprint density at radius 3 is 2.50 bits per heavy atom. The first-order chi connectivity index (χ1) is 8.12. The summed E-state index contributed by atoms with van der Waals surface area (Å²) in [4.78, 5) is 23.2. The van der Waals surface area contributed by atoms with Crippen molar-refractivity contribution >= 4 is 11.6 Å². The summed E-state index contributed by atoms with van der Waals surface area (Å²) in [6, 6.07) is 0. The number of ketones is 2. The quantitative estimate of drug-likeness (QED) is 0.770. The van der Waals surface area contributed by atoms with Crippen LogP contribution in [-0.2, 0) is 14.3 Å². The minimum absolute atomic E-state index is 0.0919. The lowest BCUT2D eigenvalue weighted by atomic mass is 9.73. The molecule has 0 aromatic rings. The predicted molar refractivity (Wildman–Crippen MR) is 71.2 cm³/mol. The minimum Gasteiger partial charge on any atom is -0.492 e. The number of Topliss-reactive ketones (excluding diaryl/α,β-unsaturated/α-hetero) is 1. The van der Waals surface area contributed by atoms with Gasteiger partial charge in [0.15, 0.2) is 5.78 Å². The van der Waals surface area contributed by atoms with Gasteiger partial charge in [0.05, 0.1) is 0 Å². The van der Waals surface area contributed by atoms with Crippen LogP contribution in [0.5, 0.6) is 0 Å². The van der Waals surface area contributed by atoms with Crippen molar-refractivity contribution in [2.24, 2.45) is 5.41 Å². The summed E-state index contributed by atoms with van der Waals surface area (Å²) in [5.41, 5.74) is -0.657. The molecule has 0 bridgehead atoms. The highest BCUT2D eigenvalue weighted by atomic mass is 16.5. The molecule has 0 saturated carbocycles. The summed E-state index contributed by atoms with van der Waals surface area (Å²) < 4.78 is 5.74. The minimum atomic E-state index is -0.392. The lowest BCUT2D eigenvalue weighted by molar-refractivity contribution is -0.126. The Labute approximate surface area is 110 Å². The SMILES string of the molecule is CC(=O)CCC1(C)CCC(OC(C)(C)C)=CC1=O. The van der Waals surface area contributed by atoms with Gasteiger partial charge in [-0.1, -0.05) is 6.92 Å². The van der Waals surface area contributed by atoms with E-state index in [1.807, 2.05) is 27.7 Å². The molecule has 0 radical (unpaired) electrons. The molecule has 0 saturated heterocycles. The Balaban J connectivity index is 2.70. The average molecular weight is 252 g/mol. The maximum absolute atomic E-state index is 12.2. The fraction of sp³-hybridized carbons (Fsp3) is 0.733.